The third-order valence-corrected chi connectivity index (χ3v) is 3.23. The fourth-order valence-corrected chi connectivity index (χ4v) is 2.20. The van der Waals surface area contributed by atoms with E-state index in [1.54, 1.807) is 24.3 Å². The lowest BCUT2D eigenvalue weighted by molar-refractivity contribution is -0.130. The molecule has 1 atom stereocenters. The van der Waals surface area contributed by atoms with E-state index in [-0.39, 0.29) is 18.4 Å². The lowest BCUT2D eigenvalue weighted by Crippen LogP contribution is -2.55. The van der Waals surface area contributed by atoms with Crippen molar-refractivity contribution in [1.82, 2.24) is 10.2 Å². The van der Waals surface area contributed by atoms with Gasteiger partial charge in [0.05, 0.1) is 18.8 Å². The van der Waals surface area contributed by atoms with Gasteiger partial charge in [-0.2, -0.15) is 0 Å². The zero-order chi connectivity index (χ0) is 14.5. The van der Waals surface area contributed by atoms with E-state index in [0.717, 1.165) is 0 Å². The Morgan fingerprint density at radius 1 is 1.45 bits per heavy atom. The van der Waals surface area contributed by atoms with Crippen LogP contribution in [0, 0.1) is 0 Å². The fourth-order valence-electron chi connectivity index (χ4n) is 2.20. The van der Waals surface area contributed by atoms with E-state index in [4.69, 9.17) is 10.5 Å². The second kappa shape index (κ2) is 6.38. The smallest absolute Gasteiger partial charge is 0.256 e. The maximum Gasteiger partial charge on any atom is 0.256 e. The normalized spacial score (nSPS) is 18.6. The Bertz CT molecular complexity index is 504. The van der Waals surface area contributed by atoms with Gasteiger partial charge in [0, 0.05) is 18.8 Å². The molecule has 3 N–H and O–H groups in total. The number of para-hydroxylation sites is 1. The first-order valence-electron chi connectivity index (χ1n) is 6.66. The molecule has 1 aliphatic rings. The molecule has 0 saturated carbocycles. The number of ether oxygens (including phenoxy) is 1. The average Bonchev–Trinajstić information content (AvgIpc) is 2.47. The number of carbonyl (C=O) groups excluding carboxylic acids is 2. The SMILES string of the molecule is CCNC(=O)C1COCCN1C(=O)c1ccccc1N. The van der Waals surface area contributed by atoms with Gasteiger partial charge in [-0.15, -0.1) is 0 Å². The van der Waals surface area contributed by atoms with Gasteiger partial charge in [0.2, 0.25) is 5.91 Å². The molecular formula is C14H19N3O3. The monoisotopic (exact) mass is 277 g/mol. The molecule has 1 fully saturated rings. The summed E-state index contributed by atoms with van der Waals surface area (Å²) in [6, 6.07) is 6.27. The molecule has 20 heavy (non-hydrogen) atoms. The Morgan fingerprint density at radius 3 is 2.90 bits per heavy atom. The molecule has 1 unspecified atom stereocenters. The minimum Gasteiger partial charge on any atom is -0.398 e. The topological polar surface area (TPSA) is 84.7 Å². The number of rotatable bonds is 3. The Balaban J connectivity index is 2.22. The number of benzene rings is 1. The van der Waals surface area contributed by atoms with Crippen molar-refractivity contribution < 1.29 is 14.3 Å². The zero-order valence-corrected chi connectivity index (χ0v) is 11.5. The van der Waals surface area contributed by atoms with Gasteiger partial charge in [-0.05, 0) is 19.1 Å². The standard InChI is InChI=1S/C14H19N3O3/c1-2-16-13(18)12-9-20-8-7-17(12)14(19)10-5-3-4-6-11(10)15/h3-6,12H,2,7-9,15H2,1H3,(H,16,18). The predicted molar refractivity (Wildman–Crippen MR) is 75.2 cm³/mol. The minimum atomic E-state index is -0.601. The number of nitrogens with one attached hydrogen (secondary N) is 1. The number of carbonyl (C=O) groups is 2. The number of hydrogen-bond donors (Lipinski definition) is 2. The first kappa shape index (κ1) is 14.3. The lowest BCUT2D eigenvalue weighted by Gasteiger charge is -2.34. The first-order valence-corrected chi connectivity index (χ1v) is 6.66. The van der Waals surface area contributed by atoms with Gasteiger partial charge in [-0.3, -0.25) is 9.59 Å². The zero-order valence-electron chi connectivity index (χ0n) is 11.5. The van der Waals surface area contributed by atoms with Crippen molar-refractivity contribution in [3.63, 3.8) is 0 Å². The van der Waals surface area contributed by atoms with Crippen LogP contribution in [0.5, 0.6) is 0 Å². The highest BCUT2D eigenvalue weighted by Crippen LogP contribution is 2.17. The van der Waals surface area contributed by atoms with E-state index < -0.39 is 6.04 Å². The molecule has 1 aliphatic heterocycles. The Labute approximate surface area is 117 Å². The van der Waals surface area contributed by atoms with Crippen LogP contribution in [0.3, 0.4) is 0 Å². The summed E-state index contributed by atoms with van der Waals surface area (Å²) in [4.78, 5) is 26.1. The quantitative estimate of drug-likeness (QED) is 0.775. The van der Waals surface area contributed by atoms with Gasteiger partial charge in [0.25, 0.3) is 5.91 Å². The molecular weight excluding hydrogens is 258 g/mol. The van der Waals surface area contributed by atoms with Crippen LogP contribution in [0.25, 0.3) is 0 Å². The Hall–Kier alpha value is -2.08. The minimum absolute atomic E-state index is 0.199. The number of likely N-dealkylation sites (N-methyl/N-ethyl adjacent to an activating group) is 1. The molecule has 1 heterocycles. The molecule has 0 aliphatic carbocycles. The molecule has 6 heteroatoms. The molecule has 1 saturated heterocycles. The average molecular weight is 277 g/mol. The largest absolute Gasteiger partial charge is 0.398 e. The van der Waals surface area contributed by atoms with E-state index in [1.165, 1.54) is 4.90 Å². The molecule has 6 nitrogen and oxygen atoms in total. The predicted octanol–water partition coefficient (Wildman–Crippen LogP) is 0.246. The van der Waals surface area contributed by atoms with Gasteiger partial charge in [0.15, 0.2) is 0 Å². The van der Waals surface area contributed by atoms with Crippen molar-refractivity contribution in [3.8, 4) is 0 Å². The lowest BCUT2D eigenvalue weighted by atomic mass is 10.1. The van der Waals surface area contributed by atoms with Crippen molar-refractivity contribution in [2.24, 2.45) is 0 Å². The summed E-state index contributed by atoms with van der Waals surface area (Å²) in [5.74, 6) is -0.433. The van der Waals surface area contributed by atoms with E-state index in [9.17, 15) is 9.59 Å². The summed E-state index contributed by atoms with van der Waals surface area (Å²) in [5.41, 5.74) is 6.66. The summed E-state index contributed by atoms with van der Waals surface area (Å²) in [7, 11) is 0. The van der Waals surface area contributed by atoms with Crippen molar-refractivity contribution in [1.29, 1.82) is 0 Å². The number of nitrogen functional groups attached to an aromatic ring is 1. The van der Waals surface area contributed by atoms with Crippen molar-refractivity contribution in [3.05, 3.63) is 29.8 Å². The highest BCUT2D eigenvalue weighted by Gasteiger charge is 2.33. The molecule has 108 valence electrons. The van der Waals surface area contributed by atoms with E-state index in [1.807, 2.05) is 6.92 Å². The van der Waals surface area contributed by atoms with Gasteiger partial charge < -0.3 is 20.7 Å². The second-order valence-corrected chi connectivity index (χ2v) is 4.57. The number of morpholine rings is 1. The molecule has 2 rings (SSSR count). The maximum absolute atomic E-state index is 12.6. The van der Waals surface area contributed by atoms with Crippen LogP contribution in [0.2, 0.25) is 0 Å². The maximum atomic E-state index is 12.6. The molecule has 0 aromatic heterocycles. The second-order valence-electron chi connectivity index (χ2n) is 4.57. The molecule has 0 bridgehead atoms. The fraction of sp³-hybridized carbons (Fsp3) is 0.429. The summed E-state index contributed by atoms with van der Waals surface area (Å²) < 4.78 is 5.31. The summed E-state index contributed by atoms with van der Waals surface area (Å²) in [6.45, 7) is 3.38. The van der Waals surface area contributed by atoms with Crippen LogP contribution in [-0.2, 0) is 9.53 Å². The first-order chi connectivity index (χ1) is 9.65. The van der Waals surface area contributed by atoms with Crippen LogP contribution in [0.1, 0.15) is 17.3 Å². The molecule has 0 radical (unpaired) electrons. The summed E-state index contributed by atoms with van der Waals surface area (Å²) in [6.07, 6.45) is 0. The molecule has 0 spiro atoms. The molecule has 1 aromatic rings. The van der Waals surface area contributed by atoms with Crippen LogP contribution >= 0.6 is 0 Å². The van der Waals surface area contributed by atoms with Gasteiger partial charge >= 0.3 is 0 Å². The summed E-state index contributed by atoms with van der Waals surface area (Å²) >= 11 is 0. The third-order valence-electron chi connectivity index (χ3n) is 3.23. The van der Waals surface area contributed by atoms with Crippen LogP contribution in [0.15, 0.2) is 24.3 Å². The van der Waals surface area contributed by atoms with Crippen molar-refractivity contribution in [2.45, 2.75) is 13.0 Å². The highest BCUT2D eigenvalue weighted by molar-refractivity contribution is 6.01. The number of nitrogens with zero attached hydrogens (tertiary/aromatic N) is 1. The van der Waals surface area contributed by atoms with Crippen LogP contribution < -0.4 is 11.1 Å². The third kappa shape index (κ3) is 2.91. The van der Waals surface area contributed by atoms with Gasteiger partial charge in [-0.1, -0.05) is 12.1 Å². The van der Waals surface area contributed by atoms with Gasteiger partial charge in [-0.25, -0.2) is 0 Å². The summed E-state index contributed by atoms with van der Waals surface area (Å²) in [5, 5.41) is 2.72. The van der Waals surface area contributed by atoms with Crippen molar-refractivity contribution >= 4 is 17.5 Å². The van der Waals surface area contributed by atoms with E-state index in [0.29, 0.717) is 30.9 Å². The number of anilines is 1. The van der Waals surface area contributed by atoms with E-state index >= 15 is 0 Å². The van der Waals surface area contributed by atoms with Crippen LogP contribution in [-0.4, -0.2) is 49.1 Å². The Kier molecular flexibility index (Phi) is 4.57. The Morgan fingerprint density at radius 2 is 2.20 bits per heavy atom. The van der Waals surface area contributed by atoms with Crippen LogP contribution in [0.4, 0.5) is 5.69 Å². The highest BCUT2D eigenvalue weighted by atomic mass is 16.5. The van der Waals surface area contributed by atoms with Crippen molar-refractivity contribution in [2.75, 3.05) is 32.0 Å². The molecule has 2 amide bonds. The van der Waals surface area contributed by atoms with Gasteiger partial charge in [0.1, 0.15) is 6.04 Å². The number of amides is 2. The number of hydrogen-bond acceptors (Lipinski definition) is 4. The number of nitrogens with two attached hydrogens (primary N) is 1. The van der Waals surface area contributed by atoms with E-state index in [2.05, 4.69) is 5.32 Å². The molecule has 1 aromatic carbocycles.